The Morgan fingerprint density at radius 3 is 2.28 bits per heavy atom. The van der Waals surface area contributed by atoms with Gasteiger partial charge in [-0.05, 0) is 32.7 Å². The molecule has 2 fully saturated rings. The molecule has 2 aliphatic heterocycles. The maximum atomic E-state index is 5.78. The number of aryl methyl sites for hydroxylation is 1. The molecule has 1 aromatic rings. The predicted molar refractivity (Wildman–Crippen MR) is 72.6 cm³/mol. The monoisotopic (exact) mass is 247 g/mol. The second kappa shape index (κ2) is 4.09. The summed E-state index contributed by atoms with van der Waals surface area (Å²) in [5.74, 6) is 3.00. The zero-order valence-corrected chi connectivity index (χ0v) is 11.3. The summed E-state index contributed by atoms with van der Waals surface area (Å²) >= 11 is 0. The Labute approximate surface area is 108 Å². The number of rotatable bonds is 1. The molecule has 2 atom stereocenters. The van der Waals surface area contributed by atoms with E-state index in [2.05, 4.69) is 33.7 Å². The Balaban J connectivity index is 1.85. The highest BCUT2D eigenvalue weighted by Gasteiger charge is 2.39. The minimum Gasteiger partial charge on any atom is -0.368 e. The van der Waals surface area contributed by atoms with Crippen LogP contribution in [0.5, 0.6) is 0 Å². The van der Waals surface area contributed by atoms with Crippen molar-refractivity contribution < 1.29 is 0 Å². The van der Waals surface area contributed by atoms with Crippen molar-refractivity contribution in [1.82, 2.24) is 14.9 Å². The first kappa shape index (κ1) is 11.7. The molecule has 0 aliphatic carbocycles. The summed E-state index contributed by atoms with van der Waals surface area (Å²) in [7, 11) is 2.21. The van der Waals surface area contributed by atoms with Gasteiger partial charge in [-0.3, -0.25) is 0 Å². The molecule has 18 heavy (non-hydrogen) atoms. The lowest BCUT2D eigenvalue weighted by molar-refractivity contribution is 0.387. The van der Waals surface area contributed by atoms with E-state index in [0.29, 0.717) is 5.95 Å². The van der Waals surface area contributed by atoms with Crippen LogP contribution in [0, 0.1) is 25.7 Å². The Bertz CT molecular complexity index is 459. The average Bonchev–Trinajstić information content (AvgIpc) is 2.80. The minimum atomic E-state index is 0.391. The lowest BCUT2D eigenvalue weighted by atomic mass is 10.0. The van der Waals surface area contributed by atoms with Gasteiger partial charge in [-0.15, -0.1) is 0 Å². The van der Waals surface area contributed by atoms with Crippen molar-refractivity contribution in [3.8, 4) is 0 Å². The van der Waals surface area contributed by atoms with Gasteiger partial charge in [0.1, 0.15) is 5.82 Å². The maximum Gasteiger partial charge on any atom is 0.222 e. The van der Waals surface area contributed by atoms with Crippen LogP contribution in [0.25, 0.3) is 0 Å². The number of nitrogens with two attached hydrogens (primary N) is 1. The first-order valence-electron chi connectivity index (χ1n) is 6.59. The third-order valence-corrected chi connectivity index (χ3v) is 4.35. The molecule has 3 heterocycles. The van der Waals surface area contributed by atoms with Gasteiger partial charge in [0.15, 0.2) is 0 Å². The van der Waals surface area contributed by atoms with Crippen molar-refractivity contribution in [1.29, 1.82) is 0 Å². The zero-order chi connectivity index (χ0) is 12.9. The summed E-state index contributed by atoms with van der Waals surface area (Å²) in [6.07, 6.45) is 0. The normalized spacial score (nSPS) is 27.8. The van der Waals surface area contributed by atoms with Crippen LogP contribution in [0.3, 0.4) is 0 Å². The van der Waals surface area contributed by atoms with Crippen molar-refractivity contribution in [2.45, 2.75) is 13.8 Å². The number of likely N-dealkylation sites (tertiary alicyclic amines) is 1. The van der Waals surface area contributed by atoms with Crippen LogP contribution in [-0.4, -0.2) is 48.1 Å². The van der Waals surface area contributed by atoms with E-state index >= 15 is 0 Å². The van der Waals surface area contributed by atoms with E-state index in [1.165, 1.54) is 13.1 Å². The van der Waals surface area contributed by atoms with Crippen LogP contribution in [0.2, 0.25) is 0 Å². The average molecular weight is 247 g/mol. The molecule has 0 radical (unpaired) electrons. The second-order valence-electron chi connectivity index (χ2n) is 5.76. The van der Waals surface area contributed by atoms with Crippen LogP contribution in [0.1, 0.15) is 11.3 Å². The molecular weight excluding hydrogens is 226 g/mol. The fourth-order valence-electron chi connectivity index (χ4n) is 3.34. The van der Waals surface area contributed by atoms with Crippen LogP contribution in [0.15, 0.2) is 0 Å². The van der Waals surface area contributed by atoms with E-state index in [0.717, 1.165) is 42.0 Å². The lowest BCUT2D eigenvalue weighted by Crippen LogP contribution is -2.28. The summed E-state index contributed by atoms with van der Waals surface area (Å²) in [6.45, 7) is 8.71. The number of nitrogens with zero attached hydrogens (tertiary/aromatic N) is 4. The molecule has 1 aromatic heterocycles. The van der Waals surface area contributed by atoms with Gasteiger partial charge in [-0.2, -0.15) is 4.98 Å². The minimum absolute atomic E-state index is 0.391. The van der Waals surface area contributed by atoms with Gasteiger partial charge in [-0.25, -0.2) is 4.98 Å². The zero-order valence-electron chi connectivity index (χ0n) is 11.3. The van der Waals surface area contributed by atoms with E-state index in [1.807, 2.05) is 6.92 Å². The summed E-state index contributed by atoms with van der Waals surface area (Å²) in [4.78, 5) is 13.5. The molecule has 0 amide bonds. The molecule has 0 unspecified atom stereocenters. The van der Waals surface area contributed by atoms with Crippen LogP contribution >= 0.6 is 0 Å². The van der Waals surface area contributed by atoms with Gasteiger partial charge in [-0.1, -0.05) is 0 Å². The molecule has 2 aliphatic rings. The summed E-state index contributed by atoms with van der Waals surface area (Å²) in [5.41, 5.74) is 7.93. The van der Waals surface area contributed by atoms with E-state index in [1.54, 1.807) is 0 Å². The number of anilines is 2. The van der Waals surface area contributed by atoms with Crippen LogP contribution in [-0.2, 0) is 0 Å². The highest BCUT2D eigenvalue weighted by atomic mass is 15.3. The molecule has 0 saturated carbocycles. The number of nitrogen functional groups attached to an aromatic ring is 1. The highest BCUT2D eigenvalue weighted by Crippen LogP contribution is 2.34. The summed E-state index contributed by atoms with van der Waals surface area (Å²) < 4.78 is 0. The maximum absolute atomic E-state index is 5.78. The van der Waals surface area contributed by atoms with E-state index < -0.39 is 0 Å². The van der Waals surface area contributed by atoms with Gasteiger partial charge < -0.3 is 15.5 Å². The third-order valence-electron chi connectivity index (χ3n) is 4.35. The van der Waals surface area contributed by atoms with E-state index in [-0.39, 0.29) is 0 Å². The smallest absolute Gasteiger partial charge is 0.222 e. The SMILES string of the molecule is Cc1nc(N)nc(N2C[C@H]3CN(C)C[C@H]3C2)c1C. The van der Waals surface area contributed by atoms with Crippen molar-refractivity contribution in [2.24, 2.45) is 11.8 Å². The first-order valence-corrected chi connectivity index (χ1v) is 6.59. The Morgan fingerprint density at radius 1 is 1.06 bits per heavy atom. The van der Waals surface area contributed by atoms with Gasteiger partial charge >= 0.3 is 0 Å². The van der Waals surface area contributed by atoms with Gasteiger partial charge in [0.05, 0.1) is 0 Å². The van der Waals surface area contributed by atoms with Crippen molar-refractivity contribution >= 4 is 11.8 Å². The van der Waals surface area contributed by atoms with Crippen molar-refractivity contribution in [3.63, 3.8) is 0 Å². The van der Waals surface area contributed by atoms with E-state index in [9.17, 15) is 0 Å². The Hall–Kier alpha value is -1.36. The fraction of sp³-hybridized carbons (Fsp3) is 0.692. The summed E-state index contributed by atoms with van der Waals surface area (Å²) in [5, 5.41) is 0. The molecule has 0 spiro atoms. The lowest BCUT2D eigenvalue weighted by Gasteiger charge is -2.22. The van der Waals surface area contributed by atoms with Crippen molar-refractivity contribution in [2.75, 3.05) is 43.9 Å². The molecule has 5 heteroatoms. The first-order chi connectivity index (χ1) is 8.54. The standard InChI is InChI=1S/C13H21N5/c1-8-9(2)15-13(14)16-12(8)18-6-10-4-17(3)5-11(10)7-18/h10-11H,4-7H2,1-3H3,(H2,14,15,16)/t10-,11+. The van der Waals surface area contributed by atoms with Crippen LogP contribution in [0.4, 0.5) is 11.8 Å². The second-order valence-corrected chi connectivity index (χ2v) is 5.76. The summed E-state index contributed by atoms with van der Waals surface area (Å²) in [6, 6.07) is 0. The van der Waals surface area contributed by atoms with Gasteiger partial charge in [0.2, 0.25) is 5.95 Å². The number of hydrogen-bond acceptors (Lipinski definition) is 5. The topological polar surface area (TPSA) is 58.3 Å². The van der Waals surface area contributed by atoms with Crippen molar-refractivity contribution in [3.05, 3.63) is 11.3 Å². The third kappa shape index (κ3) is 1.82. The molecular formula is C13H21N5. The van der Waals surface area contributed by atoms with Gasteiger partial charge in [0, 0.05) is 37.4 Å². The van der Waals surface area contributed by atoms with Crippen LogP contribution < -0.4 is 10.6 Å². The van der Waals surface area contributed by atoms with Gasteiger partial charge in [0.25, 0.3) is 0 Å². The molecule has 2 saturated heterocycles. The molecule has 0 bridgehead atoms. The van der Waals surface area contributed by atoms with E-state index in [4.69, 9.17) is 5.73 Å². The highest BCUT2D eigenvalue weighted by molar-refractivity contribution is 5.52. The molecule has 5 nitrogen and oxygen atoms in total. The quantitative estimate of drug-likeness (QED) is 0.790. The molecule has 0 aromatic carbocycles. The Kier molecular flexibility index (Phi) is 2.66. The molecule has 2 N–H and O–H groups in total. The fourth-order valence-corrected chi connectivity index (χ4v) is 3.34. The number of fused-ring (bicyclic) bond motifs is 1. The largest absolute Gasteiger partial charge is 0.368 e. The predicted octanol–water partition coefficient (Wildman–Crippen LogP) is 0.673. The number of hydrogen-bond donors (Lipinski definition) is 1. The Morgan fingerprint density at radius 2 is 1.67 bits per heavy atom. The molecule has 3 rings (SSSR count). The number of aromatic nitrogens is 2. The molecule has 98 valence electrons.